The van der Waals surface area contributed by atoms with Crippen LogP contribution in [-0.4, -0.2) is 20.7 Å². The summed E-state index contributed by atoms with van der Waals surface area (Å²) < 4.78 is 29.2. The Morgan fingerprint density at radius 3 is 2.67 bits per heavy atom. The van der Waals surface area contributed by atoms with Crippen LogP contribution in [0.25, 0.3) is 0 Å². The van der Waals surface area contributed by atoms with E-state index in [2.05, 4.69) is 0 Å². The van der Waals surface area contributed by atoms with E-state index in [1.807, 2.05) is 23.8 Å². The van der Waals surface area contributed by atoms with E-state index in [0.29, 0.717) is 5.75 Å². The van der Waals surface area contributed by atoms with Crippen LogP contribution in [0.1, 0.15) is 25.0 Å². The van der Waals surface area contributed by atoms with Crippen LogP contribution in [0.15, 0.2) is 46.0 Å². The summed E-state index contributed by atoms with van der Waals surface area (Å²) in [5, 5.41) is 3.97. The van der Waals surface area contributed by atoms with Crippen molar-refractivity contribution in [1.82, 2.24) is 0 Å². The number of nitrogens with two attached hydrogens (primary N) is 1. The van der Waals surface area contributed by atoms with Gasteiger partial charge in [-0.3, -0.25) is 0 Å². The summed E-state index contributed by atoms with van der Waals surface area (Å²) in [4.78, 5) is 0.245. The molecule has 2 rings (SSSR count). The molecule has 21 heavy (non-hydrogen) atoms. The van der Waals surface area contributed by atoms with Gasteiger partial charge in [0.05, 0.1) is 4.90 Å². The molecule has 2 aromatic rings. The number of thiophene rings is 1. The van der Waals surface area contributed by atoms with Gasteiger partial charge in [0.1, 0.15) is 11.9 Å². The molecule has 1 heterocycles. The van der Waals surface area contributed by atoms with E-state index in [4.69, 9.17) is 10.5 Å². The SMILES string of the molecule is CCC(N)C(Oc1cccc(S(C)(=O)=O)c1)c1ccsc1. The standard InChI is InChI=1S/C15H19NO3S2/c1-3-14(16)15(11-7-8-20-10-11)19-12-5-4-6-13(9-12)21(2,17)18/h4-10,14-15H,3,16H2,1-2H3. The van der Waals surface area contributed by atoms with Crippen LogP contribution in [0.3, 0.4) is 0 Å². The lowest BCUT2D eigenvalue weighted by molar-refractivity contribution is 0.171. The Morgan fingerprint density at radius 2 is 2.10 bits per heavy atom. The molecule has 0 fully saturated rings. The van der Waals surface area contributed by atoms with E-state index < -0.39 is 9.84 Å². The minimum absolute atomic E-state index is 0.151. The van der Waals surface area contributed by atoms with E-state index in [0.717, 1.165) is 12.0 Å². The zero-order valence-electron chi connectivity index (χ0n) is 12.0. The van der Waals surface area contributed by atoms with Crippen molar-refractivity contribution in [1.29, 1.82) is 0 Å². The maximum Gasteiger partial charge on any atom is 0.175 e. The van der Waals surface area contributed by atoms with Gasteiger partial charge in [-0.1, -0.05) is 13.0 Å². The Kier molecular flexibility index (Phi) is 5.03. The van der Waals surface area contributed by atoms with Crippen LogP contribution in [0, 0.1) is 0 Å². The molecule has 1 aromatic heterocycles. The van der Waals surface area contributed by atoms with Gasteiger partial charge in [-0.15, -0.1) is 0 Å². The molecule has 0 spiro atoms. The molecule has 4 nitrogen and oxygen atoms in total. The zero-order valence-corrected chi connectivity index (χ0v) is 13.7. The molecule has 6 heteroatoms. The summed E-state index contributed by atoms with van der Waals surface area (Å²) in [6, 6.07) is 8.34. The Hall–Kier alpha value is -1.37. The Bertz CT molecular complexity index is 681. The van der Waals surface area contributed by atoms with Gasteiger partial charge in [0, 0.05) is 17.9 Å². The van der Waals surface area contributed by atoms with Crippen LogP contribution in [0.4, 0.5) is 0 Å². The Balaban J connectivity index is 2.29. The average Bonchev–Trinajstić information content (AvgIpc) is 2.97. The van der Waals surface area contributed by atoms with Crippen molar-refractivity contribution < 1.29 is 13.2 Å². The van der Waals surface area contributed by atoms with Crippen molar-refractivity contribution in [2.75, 3.05) is 6.26 Å². The fourth-order valence-corrected chi connectivity index (χ4v) is 3.32. The fraction of sp³-hybridized carbons (Fsp3) is 0.333. The first-order valence-electron chi connectivity index (χ1n) is 6.66. The van der Waals surface area contributed by atoms with E-state index in [1.165, 1.54) is 12.3 Å². The molecule has 2 unspecified atom stereocenters. The fourth-order valence-electron chi connectivity index (χ4n) is 1.98. The molecule has 0 aliphatic heterocycles. The maximum atomic E-state index is 11.6. The summed E-state index contributed by atoms with van der Waals surface area (Å²) in [5.74, 6) is 0.512. The highest BCUT2D eigenvalue weighted by atomic mass is 32.2. The Morgan fingerprint density at radius 1 is 1.33 bits per heavy atom. The van der Waals surface area contributed by atoms with E-state index in [-0.39, 0.29) is 17.0 Å². The smallest absolute Gasteiger partial charge is 0.175 e. The predicted octanol–water partition coefficient (Wildman–Crippen LogP) is 3.01. The predicted molar refractivity (Wildman–Crippen MR) is 85.5 cm³/mol. The number of ether oxygens (including phenoxy) is 1. The third-order valence-electron chi connectivity index (χ3n) is 3.23. The van der Waals surface area contributed by atoms with Crippen molar-refractivity contribution >= 4 is 21.2 Å². The largest absolute Gasteiger partial charge is 0.484 e. The number of sulfone groups is 1. The molecular weight excluding hydrogens is 306 g/mol. The van der Waals surface area contributed by atoms with Crippen LogP contribution >= 0.6 is 11.3 Å². The van der Waals surface area contributed by atoms with Crippen LogP contribution in [0.5, 0.6) is 5.75 Å². The topological polar surface area (TPSA) is 69.4 Å². The number of hydrogen-bond acceptors (Lipinski definition) is 5. The summed E-state index contributed by atoms with van der Waals surface area (Å²) in [7, 11) is -3.25. The summed E-state index contributed by atoms with van der Waals surface area (Å²) in [6.07, 6.45) is 1.67. The Labute approximate surface area is 129 Å². The molecule has 0 amide bonds. The zero-order chi connectivity index (χ0) is 15.5. The van der Waals surface area contributed by atoms with Crippen LogP contribution in [-0.2, 0) is 9.84 Å². The molecule has 0 saturated heterocycles. The normalized spacial score (nSPS) is 14.6. The number of hydrogen-bond donors (Lipinski definition) is 1. The van der Waals surface area contributed by atoms with Crippen molar-refractivity contribution in [3.05, 3.63) is 46.7 Å². The number of rotatable bonds is 6. The van der Waals surface area contributed by atoms with E-state index in [1.54, 1.807) is 29.5 Å². The second-order valence-electron chi connectivity index (χ2n) is 4.91. The second kappa shape index (κ2) is 6.60. The van der Waals surface area contributed by atoms with E-state index in [9.17, 15) is 8.42 Å². The lowest BCUT2D eigenvalue weighted by Crippen LogP contribution is -2.31. The van der Waals surface area contributed by atoms with Gasteiger partial charge >= 0.3 is 0 Å². The first kappa shape index (κ1) is 16.0. The lowest BCUT2D eigenvalue weighted by atomic mass is 10.0. The van der Waals surface area contributed by atoms with Gasteiger partial charge in [0.15, 0.2) is 9.84 Å². The van der Waals surface area contributed by atoms with Gasteiger partial charge < -0.3 is 10.5 Å². The third-order valence-corrected chi connectivity index (χ3v) is 5.04. The molecule has 0 aliphatic rings. The van der Waals surface area contributed by atoms with E-state index >= 15 is 0 Å². The molecule has 114 valence electrons. The third kappa shape index (κ3) is 4.06. The van der Waals surface area contributed by atoms with Gasteiger partial charge in [-0.2, -0.15) is 11.3 Å². The summed E-state index contributed by atoms with van der Waals surface area (Å²) in [6.45, 7) is 2.00. The molecule has 2 atom stereocenters. The molecule has 0 bridgehead atoms. The summed E-state index contributed by atoms with van der Waals surface area (Å²) >= 11 is 1.58. The quantitative estimate of drug-likeness (QED) is 0.886. The molecule has 0 radical (unpaired) electrons. The monoisotopic (exact) mass is 325 g/mol. The van der Waals surface area contributed by atoms with Crippen LogP contribution in [0.2, 0.25) is 0 Å². The van der Waals surface area contributed by atoms with Crippen LogP contribution < -0.4 is 10.5 Å². The van der Waals surface area contributed by atoms with Gasteiger partial charge in [-0.25, -0.2) is 8.42 Å². The molecule has 0 saturated carbocycles. The highest BCUT2D eigenvalue weighted by molar-refractivity contribution is 7.90. The van der Waals surface area contributed by atoms with Gasteiger partial charge in [0.2, 0.25) is 0 Å². The molecular formula is C15H19NO3S2. The highest BCUT2D eigenvalue weighted by Gasteiger charge is 2.21. The van der Waals surface area contributed by atoms with Crippen molar-refractivity contribution in [2.45, 2.75) is 30.4 Å². The summed E-state index contributed by atoms with van der Waals surface area (Å²) in [5.41, 5.74) is 7.15. The first-order chi connectivity index (χ1) is 9.91. The van der Waals surface area contributed by atoms with Crippen molar-refractivity contribution in [3.8, 4) is 5.75 Å². The highest BCUT2D eigenvalue weighted by Crippen LogP contribution is 2.28. The molecule has 0 aliphatic carbocycles. The second-order valence-corrected chi connectivity index (χ2v) is 7.71. The minimum atomic E-state index is -3.25. The van der Waals surface area contributed by atoms with Gasteiger partial charge in [0.25, 0.3) is 0 Å². The maximum absolute atomic E-state index is 11.6. The van der Waals surface area contributed by atoms with Crippen molar-refractivity contribution in [3.63, 3.8) is 0 Å². The molecule has 2 N–H and O–H groups in total. The minimum Gasteiger partial charge on any atom is -0.484 e. The molecule has 1 aromatic carbocycles. The lowest BCUT2D eigenvalue weighted by Gasteiger charge is -2.24. The average molecular weight is 325 g/mol. The van der Waals surface area contributed by atoms with Gasteiger partial charge in [-0.05, 0) is 41.4 Å². The first-order valence-corrected chi connectivity index (χ1v) is 9.49. The number of benzene rings is 1. The van der Waals surface area contributed by atoms with Crippen molar-refractivity contribution in [2.24, 2.45) is 5.73 Å².